The van der Waals surface area contributed by atoms with Crippen molar-refractivity contribution >= 4 is 17.6 Å². The predicted molar refractivity (Wildman–Crippen MR) is 145 cm³/mol. The maximum Gasteiger partial charge on any atom is 0.338 e. The van der Waals surface area contributed by atoms with Gasteiger partial charge in [-0.1, -0.05) is 60.7 Å². The summed E-state index contributed by atoms with van der Waals surface area (Å²) in [5, 5.41) is 7.75. The molecule has 0 unspecified atom stereocenters. The highest BCUT2D eigenvalue weighted by Gasteiger charge is 2.14. The van der Waals surface area contributed by atoms with Gasteiger partial charge in [0.1, 0.15) is 0 Å². The molecule has 6 nitrogen and oxygen atoms in total. The van der Waals surface area contributed by atoms with Crippen molar-refractivity contribution in [3.8, 4) is 28.2 Å². The summed E-state index contributed by atoms with van der Waals surface area (Å²) < 4.78 is 6.89. The van der Waals surface area contributed by atoms with Gasteiger partial charge >= 0.3 is 5.97 Å². The molecule has 4 aromatic carbocycles. The van der Waals surface area contributed by atoms with Gasteiger partial charge in [0.2, 0.25) is 0 Å². The highest BCUT2D eigenvalue weighted by molar-refractivity contribution is 6.04. The van der Waals surface area contributed by atoms with Crippen LogP contribution in [0.2, 0.25) is 0 Å². The number of aromatic nitrogens is 2. The largest absolute Gasteiger partial charge is 0.462 e. The zero-order valence-electron chi connectivity index (χ0n) is 20.3. The highest BCUT2D eigenvalue weighted by atomic mass is 16.5. The maximum atomic E-state index is 12.8. The molecule has 1 heterocycles. The van der Waals surface area contributed by atoms with Crippen molar-refractivity contribution in [1.82, 2.24) is 9.78 Å². The highest BCUT2D eigenvalue weighted by Crippen LogP contribution is 2.29. The van der Waals surface area contributed by atoms with Crippen LogP contribution in [0, 0.1) is 0 Å². The Balaban J connectivity index is 1.39. The molecule has 182 valence electrons. The number of hydrogen-bond acceptors (Lipinski definition) is 4. The lowest BCUT2D eigenvalue weighted by Crippen LogP contribution is -2.12. The van der Waals surface area contributed by atoms with Crippen LogP contribution in [-0.4, -0.2) is 28.3 Å². The first-order valence-corrected chi connectivity index (χ1v) is 12.0. The van der Waals surface area contributed by atoms with Gasteiger partial charge in [0.05, 0.1) is 29.2 Å². The molecule has 0 saturated heterocycles. The Morgan fingerprint density at radius 3 is 1.97 bits per heavy atom. The average molecular weight is 488 g/mol. The van der Waals surface area contributed by atoms with E-state index < -0.39 is 0 Å². The van der Waals surface area contributed by atoms with E-state index in [1.165, 1.54) is 0 Å². The van der Waals surface area contributed by atoms with Gasteiger partial charge < -0.3 is 10.1 Å². The number of ether oxygens (including phenoxy) is 1. The third-order valence-electron chi connectivity index (χ3n) is 5.88. The molecule has 1 N–H and O–H groups in total. The molecule has 5 aromatic rings. The Kier molecular flexibility index (Phi) is 6.90. The number of benzene rings is 4. The molecule has 1 aromatic heterocycles. The Bertz CT molecular complexity index is 1510. The standard InChI is InChI=1S/C31H25N3O3/c1-2-37-31(36)25-13-17-26(18-14-25)32-30(35)24-15-19-27(20-16-24)34-29(23-11-7-4-8-12-23)21-28(33-34)22-9-5-3-6-10-22/h3-21H,2H2,1H3,(H,32,35). The lowest BCUT2D eigenvalue weighted by Gasteiger charge is -2.10. The molecule has 0 fully saturated rings. The van der Waals surface area contributed by atoms with Crippen molar-refractivity contribution in [3.63, 3.8) is 0 Å². The fourth-order valence-corrected chi connectivity index (χ4v) is 4.00. The van der Waals surface area contributed by atoms with Crippen LogP contribution in [0.4, 0.5) is 5.69 Å². The molecule has 0 saturated carbocycles. The SMILES string of the molecule is CCOC(=O)c1ccc(NC(=O)c2ccc(-n3nc(-c4ccccc4)cc3-c3ccccc3)cc2)cc1. The number of nitrogens with zero attached hydrogens (tertiary/aromatic N) is 2. The van der Waals surface area contributed by atoms with Crippen molar-refractivity contribution in [2.75, 3.05) is 11.9 Å². The Labute approximate surface area is 215 Å². The molecule has 0 aliphatic heterocycles. The van der Waals surface area contributed by atoms with E-state index >= 15 is 0 Å². The second-order valence-corrected chi connectivity index (χ2v) is 8.36. The Morgan fingerprint density at radius 1 is 0.757 bits per heavy atom. The van der Waals surface area contributed by atoms with Crippen LogP contribution in [0.15, 0.2) is 115 Å². The number of rotatable bonds is 7. The number of carbonyl (C=O) groups is 2. The first kappa shape index (κ1) is 23.8. The van der Waals surface area contributed by atoms with Gasteiger partial charge in [-0.15, -0.1) is 0 Å². The molecule has 1 amide bonds. The Morgan fingerprint density at radius 2 is 1.35 bits per heavy atom. The number of nitrogens with one attached hydrogen (secondary N) is 1. The van der Waals surface area contributed by atoms with Gasteiger partial charge in [-0.05, 0) is 61.5 Å². The molecular formula is C31H25N3O3. The molecule has 5 rings (SSSR count). The van der Waals surface area contributed by atoms with Gasteiger partial charge in [0.25, 0.3) is 5.91 Å². The first-order valence-electron chi connectivity index (χ1n) is 12.0. The van der Waals surface area contributed by atoms with Crippen LogP contribution in [-0.2, 0) is 4.74 Å². The van der Waals surface area contributed by atoms with Crippen LogP contribution in [0.3, 0.4) is 0 Å². The number of carbonyl (C=O) groups excluding carboxylic acids is 2. The number of esters is 1. The van der Waals surface area contributed by atoms with Gasteiger partial charge in [-0.2, -0.15) is 5.10 Å². The summed E-state index contributed by atoms with van der Waals surface area (Å²) in [6.07, 6.45) is 0. The molecule has 0 aliphatic rings. The van der Waals surface area contributed by atoms with E-state index in [1.54, 1.807) is 43.3 Å². The van der Waals surface area contributed by atoms with E-state index in [2.05, 4.69) is 23.5 Å². The molecule has 0 atom stereocenters. The number of anilines is 1. The van der Waals surface area contributed by atoms with E-state index in [-0.39, 0.29) is 11.9 Å². The summed E-state index contributed by atoms with van der Waals surface area (Å²) in [6.45, 7) is 2.07. The molecular weight excluding hydrogens is 462 g/mol. The molecule has 0 aliphatic carbocycles. The number of amides is 1. The van der Waals surface area contributed by atoms with Gasteiger partial charge in [-0.25, -0.2) is 9.48 Å². The predicted octanol–water partition coefficient (Wildman–Crippen LogP) is 6.64. The lowest BCUT2D eigenvalue weighted by molar-refractivity contribution is 0.0526. The summed E-state index contributed by atoms with van der Waals surface area (Å²) in [5.41, 5.74) is 6.28. The van der Waals surface area contributed by atoms with E-state index in [0.717, 1.165) is 28.2 Å². The average Bonchev–Trinajstić information content (AvgIpc) is 3.40. The third kappa shape index (κ3) is 5.33. The van der Waals surface area contributed by atoms with Crippen molar-refractivity contribution in [1.29, 1.82) is 0 Å². The molecule has 37 heavy (non-hydrogen) atoms. The van der Waals surface area contributed by atoms with Gasteiger partial charge in [-0.3, -0.25) is 4.79 Å². The first-order chi connectivity index (χ1) is 18.1. The summed E-state index contributed by atoms with van der Waals surface area (Å²) in [4.78, 5) is 24.7. The smallest absolute Gasteiger partial charge is 0.338 e. The quantitative estimate of drug-likeness (QED) is 0.261. The van der Waals surface area contributed by atoms with Crippen LogP contribution in [0.1, 0.15) is 27.6 Å². The fourth-order valence-electron chi connectivity index (χ4n) is 4.00. The van der Waals surface area contributed by atoms with Crippen LogP contribution < -0.4 is 5.32 Å². The maximum absolute atomic E-state index is 12.8. The Hall–Kier alpha value is -4.97. The molecule has 6 heteroatoms. The zero-order chi connectivity index (χ0) is 25.6. The zero-order valence-corrected chi connectivity index (χ0v) is 20.3. The van der Waals surface area contributed by atoms with E-state index in [0.29, 0.717) is 23.4 Å². The van der Waals surface area contributed by atoms with E-state index in [1.807, 2.05) is 65.3 Å². The van der Waals surface area contributed by atoms with Gasteiger partial charge in [0.15, 0.2) is 0 Å². The summed E-state index contributed by atoms with van der Waals surface area (Å²) in [6, 6.07) is 36.1. The summed E-state index contributed by atoms with van der Waals surface area (Å²) in [5.74, 6) is -0.635. The summed E-state index contributed by atoms with van der Waals surface area (Å²) in [7, 11) is 0. The fraction of sp³-hybridized carbons (Fsp3) is 0.0645. The third-order valence-corrected chi connectivity index (χ3v) is 5.88. The van der Waals surface area contributed by atoms with Gasteiger partial charge in [0, 0.05) is 22.4 Å². The van der Waals surface area contributed by atoms with Crippen molar-refractivity contribution < 1.29 is 14.3 Å². The molecule has 0 radical (unpaired) electrons. The van der Waals surface area contributed by atoms with Crippen LogP contribution >= 0.6 is 0 Å². The van der Waals surface area contributed by atoms with Crippen molar-refractivity contribution in [2.24, 2.45) is 0 Å². The minimum absolute atomic E-state index is 0.246. The van der Waals surface area contributed by atoms with Crippen LogP contribution in [0.25, 0.3) is 28.2 Å². The molecule has 0 bridgehead atoms. The summed E-state index contributed by atoms with van der Waals surface area (Å²) >= 11 is 0. The second kappa shape index (κ2) is 10.7. The van der Waals surface area contributed by atoms with Crippen LogP contribution in [0.5, 0.6) is 0 Å². The van der Waals surface area contributed by atoms with Crippen molar-refractivity contribution in [3.05, 3.63) is 126 Å². The molecule has 0 spiro atoms. The number of hydrogen-bond donors (Lipinski definition) is 1. The normalized spacial score (nSPS) is 10.6. The minimum atomic E-state index is -0.389. The topological polar surface area (TPSA) is 73.2 Å². The monoisotopic (exact) mass is 487 g/mol. The van der Waals surface area contributed by atoms with E-state index in [9.17, 15) is 9.59 Å². The minimum Gasteiger partial charge on any atom is -0.462 e. The van der Waals surface area contributed by atoms with E-state index in [4.69, 9.17) is 9.84 Å². The van der Waals surface area contributed by atoms with Crippen molar-refractivity contribution in [2.45, 2.75) is 6.92 Å². The lowest BCUT2D eigenvalue weighted by atomic mass is 10.1. The second-order valence-electron chi connectivity index (χ2n) is 8.36.